The van der Waals surface area contributed by atoms with Crippen molar-refractivity contribution in [1.82, 2.24) is 0 Å². The highest BCUT2D eigenvalue weighted by Gasteiger charge is 2.42. The van der Waals surface area contributed by atoms with Gasteiger partial charge in [0.25, 0.3) is 0 Å². The number of anilines is 6. The molecule has 2 aliphatic heterocycles. The van der Waals surface area contributed by atoms with Gasteiger partial charge < -0.3 is 14.5 Å². The summed E-state index contributed by atoms with van der Waals surface area (Å²) in [5, 5.41) is 5.02. The van der Waals surface area contributed by atoms with Crippen molar-refractivity contribution < 1.29 is 4.74 Å². The normalized spacial score (nSPS) is 15.5. The molecule has 0 bridgehead atoms. The fraction of sp³-hybridized carbons (Fsp3) is 0.120. The van der Waals surface area contributed by atoms with Gasteiger partial charge in [-0.3, -0.25) is 0 Å². The molecule has 8 aromatic rings. The van der Waals surface area contributed by atoms with E-state index >= 15 is 0 Å². The third-order valence-corrected chi connectivity index (χ3v) is 12.2. The predicted octanol–water partition coefficient (Wildman–Crippen LogP) is 14.0. The number of hydrogen-bond acceptors (Lipinski definition) is 3. The molecule has 0 spiro atoms. The van der Waals surface area contributed by atoms with Crippen molar-refractivity contribution in [2.45, 2.75) is 38.5 Å². The fourth-order valence-electron chi connectivity index (χ4n) is 9.46. The molecule has 8 aromatic carbocycles. The quantitative estimate of drug-likeness (QED) is 0.180. The van der Waals surface area contributed by atoms with Crippen LogP contribution < -0.4 is 14.5 Å². The molecule has 0 saturated carbocycles. The first-order chi connectivity index (χ1) is 25.8. The molecule has 3 aliphatic rings. The molecular weight excluding hydrogens is 645 g/mol. The Hall–Kier alpha value is -6.32. The minimum absolute atomic E-state index is 0.132. The van der Waals surface area contributed by atoms with Crippen LogP contribution in [0.2, 0.25) is 0 Å². The summed E-state index contributed by atoms with van der Waals surface area (Å²) in [6, 6.07) is 57.8. The Morgan fingerprint density at radius 3 is 1.64 bits per heavy atom. The van der Waals surface area contributed by atoms with Crippen LogP contribution in [-0.4, -0.2) is 0 Å². The molecule has 1 aliphatic carbocycles. The molecule has 3 heteroatoms. The lowest BCUT2D eigenvalue weighted by Gasteiger charge is -2.43. The summed E-state index contributed by atoms with van der Waals surface area (Å²) in [5.41, 5.74) is 14.8. The van der Waals surface area contributed by atoms with Gasteiger partial charge in [-0.2, -0.15) is 0 Å². The van der Waals surface area contributed by atoms with Crippen LogP contribution in [0.4, 0.5) is 34.1 Å². The number of para-hydroxylation sites is 5. The van der Waals surface area contributed by atoms with Crippen molar-refractivity contribution in [3.8, 4) is 22.6 Å². The zero-order chi connectivity index (χ0) is 35.6. The van der Waals surface area contributed by atoms with Crippen LogP contribution >= 0.6 is 0 Å². The standard InChI is InChI=1S/C50H38N2O/c1-49(2)38-15-7-8-16-42(38)51(45-30-40-37(29-41(45)49)48-36-14-6-5-13-31(36)23-26-39(48)50(40,3)4)34-24-21-33-28-35(25-22-32(33)27-34)52-43-17-9-11-19-46(43)53-47-20-12-10-18-44(47)52/h5-30H,1-4H3. The maximum atomic E-state index is 6.30. The third-order valence-electron chi connectivity index (χ3n) is 12.2. The smallest absolute Gasteiger partial charge is 0.151 e. The van der Waals surface area contributed by atoms with Crippen molar-refractivity contribution in [2.75, 3.05) is 9.80 Å². The molecule has 0 atom stereocenters. The van der Waals surface area contributed by atoms with E-state index in [1.54, 1.807) is 0 Å². The summed E-state index contributed by atoms with van der Waals surface area (Å²) >= 11 is 0. The largest absolute Gasteiger partial charge is 0.453 e. The molecule has 53 heavy (non-hydrogen) atoms. The molecular formula is C50H38N2O. The summed E-state index contributed by atoms with van der Waals surface area (Å²) in [6.45, 7) is 9.57. The molecule has 0 amide bonds. The Labute approximate surface area is 310 Å². The summed E-state index contributed by atoms with van der Waals surface area (Å²) in [4.78, 5) is 4.82. The molecule has 0 fully saturated rings. The Morgan fingerprint density at radius 1 is 0.396 bits per heavy atom. The van der Waals surface area contributed by atoms with Crippen LogP contribution in [0.5, 0.6) is 11.5 Å². The molecule has 254 valence electrons. The second kappa shape index (κ2) is 10.6. The van der Waals surface area contributed by atoms with Crippen molar-refractivity contribution in [2.24, 2.45) is 0 Å². The highest BCUT2D eigenvalue weighted by atomic mass is 16.5. The van der Waals surface area contributed by atoms with Crippen LogP contribution in [0.3, 0.4) is 0 Å². The molecule has 2 heterocycles. The Morgan fingerprint density at radius 2 is 0.943 bits per heavy atom. The van der Waals surface area contributed by atoms with E-state index in [2.05, 4.69) is 171 Å². The van der Waals surface area contributed by atoms with Gasteiger partial charge in [-0.1, -0.05) is 119 Å². The first-order valence-corrected chi connectivity index (χ1v) is 18.6. The fourth-order valence-corrected chi connectivity index (χ4v) is 9.46. The van der Waals surface area contributed by atoms with Gasteiger partial charge in [0.2, 0.25) is 0 Å². The van der Waals surface area contributed by atoms with Crippen LogP contribution in [0, 0.1) is 0 Å². The van der Waals surface area contributed by atoms with E-state index < -0.39 is 0 Å². The second-order valence-corrected chi connectivity index (χ2v) is 15.8. The van der Waals surface area contributed by atoms with Crippen molar-refractivity contribution in [3.05, 3.63) is 180 Å². The Kier molecular flexibility index (Phi) is 6.07. The van der Waals surface area contributed by atoms with Crippen molar-refractivity contribution >= 4 is 55.7 Å². The molecule has 11 rings (SSSR count). The molecule has 0 unspecified atom stereocenters. The number of rotatable bonds is 2. The summed E-state index contributed by atoms with van der Waals surface area (Å²) in [7, 11) is 0. The average Bonchev–Trinajstić information content (AvgIpc) is 3.41. The SMILES string of the molecule is CC1(C)c2ccccc2N(c2ccc3cc(N4c5ccccc5Oc5ccccc54)ccc3c2)c2cc3c(cc21)-c1c(ccc2ccccc12)C3(C)C. The van der Waals surface area contributed by atoms with Gasteiger partial charge in [0.15, 0.2) is 11.5 Å². The predicted molar refractivity (Wildman–Crippen MR) is 221 cm³/mol. The number of fused-ring (bicyclic) bond motifs is 10. The number of hydrogen-bond donors (Lipinski definition) is 0. The minimum Gasteiger partial charge on any atom is -0.453 e. The topological polar surface area (TPSA) is 15.7 Å². The first kappa shape index (κ1) is 30.3. The second-order valence-electron chi connectivity index (χ2n) is 15.8. The Balaban J connectivity index is 1.08. The number of ether oxygens (including phenoxy) is 1. The van der Waals surface area contributed by atoms with Gasteiger partial charge in [-0.15, -0.1) is 0 Å². The van der Waals surface area contributed by atoms with E-state index in [0.29, 0.717) is 0 Å². The van der Waals surface area contributed by atoms with Gasteiger partial charge in [-0.05, 0) is 122 Å². The average molecular weight is 683 g/mol. The van der Waals surface area contributed by atoms with Crippen LogP contribution in [0.1, 0.15) is 49.9 Å². The lowest BCUT2D eigenvalue weighted by molar-refractivity contribution is 0.477. The molecule has 0 aromatic heterocycles. The van der Waals surface area contributed by atoms with Gasteiger partial charge in [0, 0.05) is 22.2 Å². The van der Waals surface area contributed by atoms with Crippen LogP contribution in [-0.2, 0) is 10.8 Å². The van der Waals surface area contributed by atoms with Crippen LogP contribution in [0.15, 0.2) is 158 Å². The van der Waals surface area contributed by atoms with Crippen molar-refractivity contribution in [1.29, 1.82) is 0 Å². The van der Waals surface area contributed by atoms with Gasteiger partial charge in [-0.25, -0.2) is 0 Å². The highest BCUT2D eigenvalue weighted by molar-refractivity contribution is 6.04. The monoisotopic (exact) mass is 682 g/mol. The van der Waals surface area contributed by atoms with E-state index in [1.165, 1.54) is 66.3 Å². The summed E-state index contributed by atoms with van der Waals surface area (Å²) in [5.74, 6) is 1.72. The number of benzene rings is 8. The highest BCUT2D eigenvalue weighted by Crippen LogP contribution is 2.59. The zero-order valence-corrected chi connectivity index (χ0v) is 30.3. The van der Waals surface area contributed by atoms with Gasteiger partial charge >= 0.3 is 0 Å². The molecule has 0 N–H and O–H groups in total. The zero-order valence-electron chi connectivity index (χ0n) is 30.3. The van der Waals surface area contributed by atoms with Gasteiger partial charge in [0.1, 0.15) is 0 Å². The first-order valence-electron chi connectivity index (χ1n) is 18.6. The lowest BCUT2D eigenvalue weighted by atomic mass is 9.71. The van der Waals surface area contributed by atoms with E-state index in [4.69, 9.17) is 4.74 Å². The van der Waals surface area contributed by atoms with E-state index in [-0.39, 0.29) is 10.8 Å². The molecule has 0 radical (unpaired) electrons. The van der Waals surface area contributed by atoms with Gasteiger partial charge in [0.05, 0.1) is 22.7 Å². The third kappa shape index (κ3) is 4.16. The molecule has 3 nitrogen and oxygen atoms in total. The maximum absolute atomic E-state index is 6.30. The van der Waals surface area contributed by atoms with Crippen LogP contribution in [0.25, 0.3) is 32.7 Å². The van der Waals surface area contributed by atoms with E-state index in [1.807, 2.05) is 24.3 Å². The number of nitrogens with zero attached hydrogens (tertiary/aromatic N) is 2. The van der Waals surface area contributed by atoms with Crippen molar-refractivity contribution in [3.63, 3.8) is 0 Å². The summed E-state index contributed by atoms with van der Waals surface area (Å²) < 4.78 is 6.30. The minimum atomic E-state index is -0.189. The Bertz CT molecular complexity index is 2800. The van der Waals surface area contributed by atoms with E-state index in [9.17, 15) is 0 Å². The van der Waals surface area contributed by atoms with E-state index in [0.717, 1.165) is 34.2 Å². The maximum Gasteiger partial charge on any atom is 0.151 e. The molecule has 0 saturated heterocycles. The summed E-state index contributed by atoms with van der Waals surface area (Å²) in [6.07, 6.45) is 0. The lowest BCUT2D eigenvalue weighted by Crippen LogP contribution is -2.31.